The van der Waals surface area contributed by atoms with E-state index in [1.165, 1.54) is 6.92 Å². The van der Waals surface area contributed by atoms with Crippen molar-refractivity contribution in [1.29, 1.82) is 5.26 Å². The van der Waals surface area contributed by atoms with Gasteiger partial charge in [-0.1, -0.05) is 12.1 Å². The topological polar surface area (TPSA) is 64.9 Å². The van der Waals surface area contributed by atoms with Crippen LogP contribution >= 0.6 is 0 Å². The number of rotatable bonds is 4. The van der Waals surface area contributed by atoms with Gasteiger partial charge in [-0.05, 0) is 42.0 Å². The second kappa shape index (κ2) is 6.39. The summed E-state index contributed by atoms with van der Waals surface area (Å²) in [6.07, 6.45) is 0. The number of carbonyl (C=O) groups is 1. The zero-order valence-electron chi connectivity index (χ0n) is 11.2. The zero-order valence-corrected chi connectivity index (χ0v) is 11.2. The third-order valence-electron chi connectivity index (χ3n) is 2.76. The van der Waals surface area contributed by atoms with E-state index < -0.39 is 0 Å². The quantitative estimate of drug-likeness (QED) is 0.892. The summed E-state index contributed by atoms with van der Waals surface area (Å²) < 4.78 is 0. The average Bonchev–Trinajstić information content (AvgIpc) is 2.46. The van der Waals surface area contributed by atoms with Crippen molar-refractivity contribution in [3.63, 3.8) is 0 Å². The predicted octanol–water partition coefficient (Wildman–Crippen LogP) is 3.13. The summed E-state index contributed by atoms with van der Waals surface area (Å²) >= 11 is 0. The highest BCUT2D eigenvalue weighted by Crippen LogP contribution is 2.15. The first-order chi connectivity index (χ1) is 9.67. The number of nitriles is 1. The minimum absolute atomic E-state index is 0.0842. The Morgan fingerprint density at radius 1 is 1.15 bits per heavy atom. The Morgan fingerprint density at radius 3 is 2.50 bits per heavy atom. The Hall–Kier alpha value is -2.80. The van der Waals surface area contributed by atoms with E-state index in [0.29, 0.717) is 12.1 Å². The summed E-state index contributed by atoms with van der Waals surface area (Å²) in [6, 6.07) is 17.1. The first kappa shape index (κ1) is 13.6. The molecule has 0 bridgehead atoms. The maximum Gasteiger partial charge on any atom is 0.221 e. The Balaban J connectivity index is 1.97. The van der Waals surface area contributed by atoms with Crippen LogP contribution < -0.4 is 10.6 Å². The molecule has 100 valence electrons. The van der Waals surface area contributed by atoms with E-state index >= 15 is 0 Å². The lowest BCUT2D eigenvalue weighted by Crippen LogP contribution is -2.05. The normalized spacial score (nSPS) is 9.60. The van der Waals surface area contributed by atoms with E-state index in [2.05, 4.69) is 16.7 Å². The molecule has 0 unspecified atom stereocenters. The molecular weight excluding hydrogens is 250 g/mol. The molecule has 2 aromatic carbocycles. The molecule has 0 heterocycles. The summed E-state index contributed by atoms with van der Waals surface area (Å²) in [5, 5.41) is 14.8. The van der Waals surface area contributed by atoms with Crippen LogP contribution in [-0.4, -0.2) is 5.91 Å². The molecule has 0 saturated carbocycles. The van der Waals surface area contributed by atoms with Gasteiger partial charge in [-0.15, -0.1) is 0 Å². The smallest absolute Gasteiger partial charge is 0.221 e. The molecule has 0 aliphatic rings. The Bertz CT molecular complexity index is 642. The molecule has 0 aliphatic heterocycles. The third-order valence-corrected chi connectivity index (χ3v) is 2.76. The molecule has 2 rings (SSSR count). The second-order valence-corrected chi connectivity index (χ2v) is 4.42. The van der Waals surface area contributed by atoms with Gasteiger partial charge in [0.1, 0.15) is 0 Å². The molecule has 0 saturated heterocycles. The zero-order chi connectivity index (χ0) is 14.4. The fraction of sp³-hybridized carbons (Fsp3) is 0.125. The molecule has 2 aromatic rings. The fourth-order valence-corrected chi connectivity index (χ4v) is 1.83. The van der Waals surface area contributed by atoms with Gasteiger partial charge < -0.3 is 10.6 Å². The number of amides is 1. The van der Waals surface area contributed by atoms with Crippen molar-refractivity contribution in [2.24, 2.45) is 0 Å². The van der Waals surface area contributed by atoms with Crippen molar-refractivity contribution >= 4 is 17.3 Å². The lowest BCUT2D eigenvalue weighted by Gasteiger charge is -2.08. The number of anilines is 2. The van der Waals surface area contributed by atoms with E-state index in [1.807, 2.05) is 42.5 Å². The van der Waals surface area contributed by atoms with E-state index in [0.717, 1.165) is 16.9 Å². The maximum absolute atomic E-state index is 10.9. The average molecular weight is 265 g/mol. The molecule has 0 aliphatic carbocycles. The number of nitrogens with one attached hydrogen (secondary N) is 2. The first-order valence-corrected chi connectivity index (χ1v) is 6.28. The van der Waals surface area contributed by atoms with Gasteiger partial charge in [-0.3, -0.25) is 4.79 Å². The molecule has 1 amide bonds. The number of hydrogen-bond donors (Lipinski definition) is 2. The van der Waals surface area contributed by atoms with Crippen LogP contribution in [0.15, 0.2) is 48.5 Å². The van der Waals surface area contributed by atoms with Crippen LogP contribution in [-0.2, 0) is 11.3 Å². The van der Waals surface area contributed by atoms with Crippen LogP contribution in [0.3, 0.4) is 0 Å². The monoisotopic (exact) mass is 265 g/mol. The van der Waals surface area contributed by atoms with Crippen molar-refractivity contribution in [2.75, 3.05) is 10.6 Å². The molecule has 0 atom stereocenters. The summed E-state index contributed by atoms with van der Waals surface area (Å²) in [4.78, 5) is 10.9. The van der Waals surface area contributed by atoms with Gasteiger partial charge in [0.15, 0.2) is 0 Å². The molecule has 0 aromatic heterocycles. The predicted molar refractivity (Wildman–Crippen MR) is 79.2 cm³/mol. The van der Waals surface area contributed by atoms with Crippen molar-refractivity contribution in [1.82, 2.24) is 0 Å². The largest absolute Gasteiger partial charge is 0.381 e. The van der Waals surface area contributed by atoms with Crippen LogP contribution in [0.4, 0.5) is 11.4 Å². The SMILES string of the molecule is CC(=O)Nc1ccc(NCc2cccc(C#N)c2)cc1. The van der Waals surface area contributed by atoms with Crippen LogP contribution in [0.1, 0.15) is 18.1 Å². The van der Waals surface area contributed by atoms with Crippen LogP contribution in [0.2, 0.25) is 0 Å². The standard InChI is InChI=1S/C16H15N3O/c1-12(20)19-16-7-5-15(6-8-16)18-11-14-4-2-3-13(9-14)10-17/h2-9,18H,11H2,1H3,(H,19,20). The molecule has 4 heteroatoms. The van der Waals surface area contributed by atoms with Gasteiger partial charge in [0.05, 0.1) is 11.6 Å². The van der Waals surface area contributed by atoms with Crippen molar-refractivity contribution < 1.29 is 4.79 Å². The van der Waals surface area contributed by atoms with Gasteiger partial charge in [0.25, 0.3) is 0 Å². The molecule has 0 radical (unpaired) electrons. The minimum atomic E-state index is -0.0842. The molecular formula is C16H15N3O. The van der Waals surface area contributed by atoms with Crippen LogP contribution in [0.25, 0.3) is 0 Å². The van der Waals surface area contributed by atoms with Gasteiger partial charge in [0.2, 0.25) is 5.91 Å². The first-order valence-electron chi connectivity index (χ1n) is 6.28. The number of carbonyl (C=O) groups excluding carboxylic acids is 1. The fourth-order valence-electron chi connectivity index (χ4n) is 1.83. The van der Waals surface area contributed by atoms with Gasteiger partial charge in [-0.2, -0.15) is 5.26 Å². The maximum atomic E-state index is 10.9. The summed E-state index contributed by atoms with van der Waals surface area (Å²) in [7, 11) is 0. The summed E-state index contributed by atoms with van der Waals surface area (Å²) in [5.74, 6) is -0.0842. The van der Waals surface area contributed by atoms with E-state index in [-0.39, 0.29) is 5.91 Å². The summed E-state index contributed by atoms with van der Waals surface area (Å²) in [5.41, 5.74) is 3.44. The molecule has 4 nitrogen and oxygen atoms in total. The lowest BCUT2D eigenvalue weighted by molar-refractivity contribution is -0.114. The number of hydrogen-bond acceptors (Lipinski definition) is 3. The lowest BCUT2D eigenvalue weighted by atomic mass is 10.1. The van der Waals surface area contributed by atoms with E-state index in [4.69, 9.17) is 5.26 Å². The Kier molecular flexibility index (Phi) is 4.35. The number of nitrogens with zero attached hydrogens (tertiary/aromatic N) is 1. The van der Waals surface area contributed by atoms with Crippen LogP contribution in [0.5, 0.6) is 0 Å². The number of benzene rings is 2. The molecule has 20 heavy (non-hydrogen) atoms. The van der Waals surface area contributed by atoms with Crippen LogP contribution in [0, 0.1) is 11.3 Å². The van der Waals surface area contributed by atoms with Gasteiger partial charge in [-0.25, -0.2) is 0 Å². The molecule has 2 N–H and O–H groups in total. The highest BCUT2D eigenvalue weighted by atomic mass is 16.1. The highest BCUT2D eigenvalue weighted by Gasteiger charge is 1.98. The highest BCUT2D eigenvalue weighted by molar-refractivity contribution is 5.88. The third kappa shape index (κ3) is 3.85. The summed E-state index contributed by atoms with van der Waals surface area (Å²) in [6.45, 7) is 2.13. The minimum Gasteiger partial charge on any atom is -0.381 e. The molecule has 0 fully saturated rings. The van der Waals surface area contributed by atoms with Gasteiger partial charge in [0, 0.05) is 24.8 Å². The van der Waals surface area contributed by atoms with E-state index in [9.17, 15) is 4.79 Å². The van der Waals surface area contributed by atoms with Gasteiger partial charge >= 0.3 is 0 Å². The Labute approximate surface area is 118 Å². The Morgan fingerprint density at radius 2 is 1.85 bits per heavy atom. The van der Waals surface area contributed by atoms with Crippen molar-refractivity contribution in [2.45, 2.75) is 13.5 Å². The van der Waals surface area contributed by atoms with Crippen molar-refractivity contribution in [3.05, 3.63) is 59.7 Å². The van der Waals surface area contributed by atoms with Crippen molar-refractivity contribution in [3.8, 4) is 6.07 Å². The van der Waals surface area contributed by atoms with E-state index in [1.54, 1.807) is 6.07 Å². The second-order valence-electron chi connectivity index (χ2n) is 4.42. The molecule has 0 spiro atoms.